The van der Waals surface area contributed by atoms with Crippen molar-refractivity contribution in [2.75, 3.05) is 36.7 Å². The SMILES string of the molecule is COC(=O)c1ccc(NC(=O)C2CC=CCC2C(=O)Nc2ccc(N(C)C)cc2)cc1. The van der Waals surface area contributed by atoms with Gasteiger partial charge in [-0.25, -0.2) is 4.79 Å². The molecule has 0 spiro atoms. The highest BCUT2D eigenvalue weighted by Gasteiger charge is 2.34. The molecule has 0 saturated heterocycles. The van der Waals surface area contributed by atoms with Crippen LogP contribution in [0.4, 0.5) is 17.1 Å². The van der Waals surface area contributed by atoms with E-state index in [2.05, 4.69) is 15.4 Å². The molecule has 7 nitrogen and oxygen atoms in total. The summed E-state index contributed by atoms with van der Waals surface area (Å²) in [6.07, 6.45) is 4.86. The number of carbonyl (C=O) groups is 3. The fourth-order valence-electron chi connectivity index (χ4n) is 3.51. The molecule has 3 rings (SSSR count). The summed E-state index contributed by atoms with van der Waals surface area (Å²) in [4.78, 5) is 39.4. The lowest BCUT2D eigenvalue weighted by molar-refractivity contribution is -0.129. The first-order valence-corrected chi connectivity index (χ1v) is 10.1. The summed E-state index contributed by atoms with van der Waals surface area (Å²) in [7, 11) is 5.22. The molecule has 1 aliphatic rings. The van der Waals surface area contributed by atoms with Gasteiger partial charge in [-0.1, -0.05) is 12.2 Å². The van der Waals surface area contributed by atoms with Crippen molar-refractivity contribution >= 4 is 34.8 Å². The van der Waals surface area contributed by atoms with Crippen LogP contribution in [-0.4, -0.2) is 39.0 Å². The van der Waals surface area contributed by atoms with Crippen molar-refractivity contribution in [2.24, 2.45) is 11.8 Å². The number of hydrogen-bond acceptors (Lipinski definition) is 5. The van der Waals surface area contributed by atoms with Gasteiger partial charge >= 0.3 is 5.97 Å². The second-order valence-corrected chi connectivity index (χ2v) is 7.64. The fourth-order valence-corrected chi connectivity index (χ4v) is 3.51. The van der Waals surface area contributed by atoms with Crippen molar-refractivity contribution in [3.8, 4) is 0 Å². The Morgan fingerprint density at radius 3 is 1.68 bits per heavy atom. The van der Waals surface area contributed by atoms with Gasteiger partial charge in [-0.15, -0.1) is 0 Å². The van der Waals surface area contributed by atoms with Gasteiger partial charge in [0.25, 0.3) is 0 Å². The van der Waals surface area contributed by atoms with Crippen LogP contribution in [0.5, 0.6) is 0 Å². The molecule has 0 aromatic heterocycles. The third-order valence-corrected chi connectivity index (χ3v) is 5.33. The zero-order valence-electron chi connectivity index (χ0n) is 17.9. The molecule has 0 radical (unpaired) electrons. The predicted octanol–water partition coefficient (Wildman–Crippen LogP) is 3.70. The minimum atomic E-state index is -0.480. The van der Waals surface area contributed by atoms with Crippen LogP contribution in [0.2, 0.25) is 0 Å². The number of methoxy groups -OCH3 is 1. The third kappa shape index (κ3) is 5.51. The zero-order chi connectivity index (χ0) is 22.4. The summed E-state index contributed by atoms with van der Waals surface area (Å²) in [5.74, 6) is -1.79. The Morgan fingerprint density at radius 2 is 1.26 bits per heavy atom. The van der Waals surface area contributed by atoms with E-state index in [1.54, 1.807) is 24.3 Å². The minimum Gasteiger partial charge on any atom is -0.465 e. The normalized spacial score (nSPS) is 17.5. The van der Waals surface area contributed by atoms with Gasteiger partial charge < -0.3 is 20.3 Å². The van der Waals surface area contributed by atoms with Crippen LogP contribution < -0.4 is 15.5 Å². The summed E-state index contributed by atoms with van der Waals surface area (Å²) in [5, 5.41) is 5.78. The van der Waals surface area contributed by atoms with Gasteiger partial charge in [-0.3, -0.25) is 9.59 Å². The molecule has 0 saturated carbocycles. The van der Waals surface area contributed by atoms with E-state index in [0.29, 0.717) is 29.8 Å². The maximum absolute atomic E-state index is 12.9. The zero-order valence-corrected chi connectivity index (χ0v) is 17.9. The Balaban J connectivity index is 1.66. The van der Waals surface area contributed by atoms with E-state index in [1.807, 2.05) is 55.4 Å². The highest BCUT2D eigenvalue weighted by molar-refractivity contribution is 6.00. The Bertz CT molecular complexity index is 965. The standard InChI is InChI=1S/C24H27N3O4/c1-27(2)19-14-12-18(13-15-19)26-23(29)21-7-5-4-6-20(21)22(28)25-17-10-8-16(9-11-17)24(30)31-3/h4-5,8-15,20-21H,6-7H2,1-3H3,(H,25,28)(H,26,29). The highest BCUT2D eigenvalue weighted by Crippen LogP contribution is 2.29. The van der Waals surface area contributed by atoms with Crippen molar-refractivity contribution in [1.82, 2.24) is 0 Å². The van der Waals surface area contributed by atoms with Crippen LogP contribution in [0.1, 0.15) is 23.2 Å². The van der Waals surface area contributed by atoms with Gasteiger partial charge in [-0.05, 0) is 61.4 Å². The number of amides is 2. The Morgan fingerprint density at radius 1 is 0.806 bits per heavy atom. The number of rotatable bonds is 6. The monoisotopic (exact) mass is 421 g/mol. The molecule has 2 amide bonds. The predicted molar refractivity (Wildman–Crippen MR) is 121 cm³/mol. The number of carbonyl (C=O) groups excluding carboxylic acids is 3. The van der Waals surface area contributed by atoms with Crippen molar-refractivity contribution in [1.29, 1.82) is 0 Å². The summed E-state index contributed by atoms with van der Waals surface area (Å²) in [5.41, 5.74) is 2.70. The number of allylic oxidation sites excluding steroid dienone is 2. The lowest BCUT2D eigenvalue weighted by Crippen LogP contribution is -2.37. The molecular formula is C24H27N3O4. The molecule has 2 unspecified atom stereocenters. The molecular weight excluding hydrogens is 394 g/mol. The molecule has 2 aromatic rings. The quantitative estimate of drug-likeness (QED) is 0.549. The molecule has 2 N–H and O–H groups in total. The first kappa shape index (κ1) is 22.1. The average Bonchev–Trinajstić information content (AvgIpc) is 2.79. The number of anilines is 3. The van der Waals surface area contributed by atoms with Crippen LogP contribution in [0, 0.1) is 11.8 Å². The van der Waals surface area contributed by atoms with Gasteiger partial charge in [-0.2, -0.15) is 0 Å². The molecule has 162 valence electrons. The van der Waals surface area contributed by atoms with Gasteiger partial charge in [0.2, 0.25) is 11.8 Å². The van der Waals surface area contributed by atoms with E-state index in [0.717, 1.165) is 5.69 Å². The fraction of sp³-hybridized carbons (Fsp3) is 0.292. The Hall–Kier alpha value is -3.61. The number of esters is 1. The van der Waals surface area contributed by atoms with Crippen molar-refractivity contribution in [3.05, 3.63) is 66.2 Å². The summed E-state index contributed by atoms with van der Waals surface area (Å²) in [6, 6.07) is 14.0. The van der Waals surface area contributed by atoms with Gasteiger partial charge in [0.05, 0.1) is 24.5 Å². The smallest absolute Gasteiger partial charge is 0.337 e. The topological polar surface area (TPSA) is 87.7 Å². The first-order chi connectivity index (χ1) is 14.9. The molecule has 0 fully saturated rings. The molecule has 2 aromatic carbocycles. The molecule has 0 aliphatic heterocycles. The van der Waals surface area contributed by atoms with E-state index in [9.17, 15) is 14.4 Å². The van der Waals surface area contributed by atoms with E-state index >= 15 is 0 Å². The molecule has 1 aliphatic carbocycles. The maximum atomic E-state index is 12.9. The van der Waals surface area contributed by atoms with E-state index < -0.39 is 17.8 Å². The van der Waals surface area contributed by atoms with Crippen LogP contribution in [0.25, 0.3) is 0 Å². The molecule has 31 heavy (non-hydrogen) atoms. The Kier molecular flexibility index (Phi) is 7.07. The van der Waals surface area contributed by atoms with E-state index in [1.165, 1.54) is 7.11 Å². The van der Waals surface area contributed by atoms with Crippen LogP contribution in [-0.2, 0) is 14.3 Å². The molecule has 0 heterocycles. The summed E-state index contributed by atoms with van der Waals surface area (Å²) >= 11 is 0. The second kappa shape index (κ2) is 9.93. The summed E-state index contributed by atoms with van der Waals surface area (Å²) < 4.78 is 4.68. The van der Waals surface area contributed by atoms with E-state index in [4.69, 9.17) is 0 Å². The van der Waals surface area contributed by atoms with Crippen LogP contribution in [0.15, 0.2) is 60.7 Å². The number of nitrogens with one attached hydrogen (secondary N) is 2. The van der Waals surface area contributed by atoms with Crippen LogP contribution >= 0.6 is 0 Å². The molecule has 7 heteroatoms. The van der Waals surface area contributed by atoms with Crippen molar-refractivity contribution in [2.45, 2.75) is 12.8 Å². The first-order valence-electron chi connectivity index (χ1n) is 10.1. The van der Waals surface area contributed by atoms with Crippen LogP contribution in [0.3, 0.4) is 0 Å². The lowest BCUT2D eigenvalue weighted by atomic mass is 9.81. The minimum absolute atomic E-state index is 0.178. The third-order valence-electron chi connectivity index (χ3n) is 5.33. The maximum Gasteiger partial charge on any atom is 0.337 e. The van der Waals surface area contributed by atoms with Gasteiger partial charge in [0, 0.05) is 31.2 Å². The number of ether oxygens (including phenoxy) is 1. The number of benzene rings is 2. The van der Waals surface area contributed by atoms with Crippen molar-refractivity contribution < 1.29 is 19.1 Å². The molecule has 0 bridgehead atoms. The lowest BCUT2D eigenvalue weighted by Gasteiger charge is -2.27. The highest BCUT2D eigenvalue weighted by atomic mass is 16.5. The van der Waals surface area contributed by atoms with E-state index in [-0.39, 0.29) is 11.8 Å². The number of nitrogens with zero attached hydrogens (tertiary/aromatic N) is 1. The van der Waals surface area contributed by atoms with Gasteiger partial charge in [0.1, 0.15) is 0 Å². The summed E-state index contributed by atoms with van der Waals surface area (Å²) in [6.45, 7) is 0. The van der Waals surface area contributed by atoms with Gasteiger partial charge in [0.15, 0.2) is 0 Å². The van der Waals surface area contributed by atoms with Crippen molar-refractivity contribution in [3.63, 3.8) is 0 Å². The average molecular weight is 421 g/mol. The number of hydrogen-bond donors (Lipinski definition) is 2. The molecule has 2 atom stereocenters. The largest absolute Gasteiger partial charge is 0.465 e. The second-order valence-electron chi connectivity index (χ2n) is 7.64. The Labute approximate surface area is 182 Å².